The van der Waals surface area contributed by atoms with Gasteiger partial charge in [-0.1, -0.05) is 19.1 Å². The fraction of sp³-hybridized carbons (Fsp3) is 0.231. The van der Waals surface area contributed by atoms with Crippen LogP contribution in [0.15, 0.2) is 40.0 Å². The number of hydrogen-bond donors (Lipinski definition) is 1. The van der Waals surface area contributed by atoms with Gasteiger partial charge in [0.1, 0.15) is 0 Å². The minimum Gasteiger partial charge on any atom is -0.310 e. The van der Waals surface area contributed by atoms with Gasteiger partial charge >= 0.3 is 5.69 Å². The summed E-state index contributed by atoms with van der Waals surface area (Å²) < 4.78 is 0. The van der Waals surface area contributed by atoms with E-state index in [1.165, 1.54) is 4.90 Å². The van der Waals surface area contributed by atoms with Crippen LogP contribution < -0.4 is 5.69 Å². The lowest BCUT2D eigenvalue weighted by molar-refractivity contribution is 1.03. The first-order valence-electron chi connectivity index (χ1n) is 5.50. The molecule has 0 aliphatic rings. The predicted octanol–water partition coefficient (Wildman–Crippen LogP) is 2.86. The molecular formula is C13H14N2OS. The van der Waals surface area contributed by atoms with Crippen molar-refractivity contribution in [1.82, 2.24) is 9.97 Å². The van der Waals surface area contributed by atoms with Crippen LogP contribution in [-0.4, -0.2) is 15.7 Å². The average molecular weight is 246 g/mol. The zero-order valence-corrected chi connectivity index (χ0v) is 10.7. The third-order valence-electron chi connectivity index (χ3n) is 2.34. The molecular weight excluding hydrogens is 232 g/mol. The van der Waals surface area contributed by atoms with Crippen molar-refractivity contribution in [2.75, 3.05) is 5.75 Å². The Morgan fingerprint density at radius 2 is 2.00 bits per heavy atom. The van der Waals surface area contributed by atoms with Gasteiger partial charge in [-0.05, 0) is 30.9 Å². The van der Waals surface area contributed by atoms with Crippen molar-refractivity contribution in [3.05, 3.63) is 46.5 Å². The number of hydrogen-bond acceptors (Lipinski definition) is 3. The highest BCUT2D eigenvalue weighted by Crippen LogP contribution is 2.22. The Labute approximate surface area is 104 Å². The highest BCUT2D eigenvalue weighted by atomic mass is 32.2. The van der Waals surface area contributed by atoms with Gasteiger partial charge < -0.3 is 4.98 Å². The number of aromatic amines is 1. The number of nitrogens with one attached hydrogen (secondary N) is 1. The van der Waals surface area contributed by atoms with Gasteiger partial charge in [0.25, 0.3) is 0 Å². The summed E-state index contributed by atoms with van der Waals surface area (Å²) in [5.41, 5.74) is 2.22. The molecule has 0 bridgehead atoms. The first kappa shape index (κ1) is 11.9. The molecule has 0 aliphatic heterocycles. The van der Waals surface area contributed by atoms with E-state index in [9.17, 15) is 4.79 Å². The molecule has 4 heteroatoms. The Kier molecular flexibility index (Phi) is 3.64. The molecule has 0 unspecified atom stereocenters. The number of aromatic nitrogens is 2. The number of thioether (sulfide) groups is 1. The lowest BCUT2D eigenvalue weighted by atomic mass is 10.1. The summed E-state index contributed by atoms with van der Waals surface area (Å²) >= 11 is 1.80. The molecule has 17 heavy (non-hydrogen) atoms. The van der Waals surface area contributed by atoms with Gasteiger partial charge in [-0.15, -0.1) is 11.8 Å². The second kappa shape index (κ2) is 5.19. The van der Waals surface area contributed by atoms with Crippen molar-refractivity contribution < 1.29 is 0 Å². The fourth-order valence-corrected chi connectivity index (χ4v) is 2.28. The van der Waals surface area contributed by atoms with Gasteiger partial charge in [0.15, 0.2) is 0 Å². The number of rotatable bonds is 3. The summed E-state index contributed by atoms with van der Waals surface area (Å²) in [5.74, 6) is 1.06. The smallest absolute Gasteiger partial charge is 0.310 e. The standard InChI is InChI=1S/C13H14N2OS/c1-3-17-11-6-4-10(5-7-11)12-8-9(2)14-13(16)15-12/h4-8H,3H2,1-2H3,(H,14,15,16). The van der Waals surface area contributed by atoms with Gasteiger partial charge in [-0.3, -0.25) is 0 Å². The number of aryl methyl sites for hydroxylation is 1. The normalized spacial score (nSPS) is 10.5. The summed E-state index contributed by atoms with van der Waals surface area (Å²) in [5, 5.41) is 0. The molecule has 2 aromatic rings. The third-order valence-corrected chi connectivity index (χ3v) is 3.23. The van der Waals surface area contributed by atoms with E-state index in [1.54, 1.807) is 11.8 Å². The summed E-state index contributed by atoms with van der Waals surface area (Å²) in [6, 6.07) is 9.99. The van der Waals surface area contributed by atoms with Gasteiger partial charge in [0, 0.05) is 16.2 Å². The highest BCUT2D eigenvalue weighted by Gasteiger charge is 2.01. The van der Waals surface area contributed by atoms with E-state index >= 15 is 0 Å². The molecule has 88 valence electrons. The van der Waals surface area contributed by atoms with Crippen LogP contribution in [0.5, 0.6) is 0 Å². The molecule has 1 heterocycles. The monoisotopic (exact) mass is 246 g/mol. The van der Waals surface area contributed by atoms with E-state index in [2.05, 4.69) is 29.0 Å². The van der Waals surface area contributed by atoms with Crippen molar-refractivity contribution in [2.45, 2.75) is 18.7 Å². The van der Waals surface area contributed by atoms with Gasteiger partial charge in [-0.25, -0.2) is 4.79 Å². The molecule has 0 amide bonds. The SMILES string of the molecule is CCSc1ccc(-c2cc(C)[nH]c(=O)n2)cc1. The number of H-pyrrole nitrogens is 1. The molecule has 0 saturated carbocycles. The van der Waals surface area contributed by atoms with E-state index in [0.717, 1.165) is 22.7 Å². The lowest BCUT2D eigenvalue weighted by Gasteiger charge is -2.03. The molecule has 1 N–H and O–H groups in total. The Balaban J connectivity index is 2.36. The quantitative estimate of drug-likeness (QED) is 0.847. The number of benzene rings is 1. The molecule has 3 nitrogen and oxygen atoms in total. The third kappa shape index (κ3) is 2.97. The molecule has 0 spiro atoms. The van der Waals surface area contributed by atoms with Crippen LogP contribution in [0.1, 0.15) is 12.6 Å². The topological polar surface area (TPSA) is 45.8 Å². The van der Waals surface area contributed by atoms with E-state index < -0.39 is 0 Å². The Bertz CT molecular complexity index is 560. The summed E-state index contributed by atoms with van der Waals surface area (Å²) in [4.78, 5) is 19.1. The molecule has 0 atom stereocenters. The van der Waals surface area contributed by atoms with Gasteiger partial charge in [0.2, 0.25) is 0 Å². The van der Waals surface area contributed by atoms with Crippen LogP contribution in [0.2, 0.25) is 0 Å². The molecule has 0 radical (unpaired) electrons. The van der Waals surface area contributed by atoms with Crippen LogP contribution >= 0.6 is 11.8 Å². The van der Waals surface area contributed by atoms with Gasteiger partial charge in [-0.2, -0.15) is 4.98 Å². The van der Waals surface area contributed by atoms with Crippen molar-refractivity contribution in [3.8, 4) is 11.3 Å². The van der Waals surface area contributed by atoms with Crippen LogP contribution in [0.3, 0.4) is 0 Å². The minimum atomic E-state index is -0.299. The van der Waals surface area contributed by atoms with E-state index in [1.807, 2.05) is 25.1 Å². The maximum absolute atomic E-state index is 11.3. The van der Waals surface area contributed by atoms with Crippen molar-refractivity contribution in [3.63, 3.8) is 0 Å². The highest BCUT2D eigenvalue weighted by molar-refractivity contribution is 7.99. The lowest BCUT2D eigenvalue weighted by Crippen LogP contribution is -2.11. The molecule has 1 aromatic carbocycles. The van der Waals surface area contributed by atoms with E-state index in [0.29, 0.717) is 0 Å². The van der Waals surface area contributed by atoms with E-state index in [-0.39, 0.29) is 5.69 Å². The minimum absolute atomic E-state index is 0.299. The first-order valence-corrected chi connectivity index (χ1v) is 6.49. The molecule has 2 rings (SSSR count). The summed E-state index contributed by atoms with van der Waals surface area (Å²) in [6.45, 7) is 3.98. The zero-order chi connectivity index (χ0) is 12.3. The largest absolute Gasteiger partial charge is 0.345 e. The Morgan fingerprint density at radius 3 is 2.59 bits per heavy atom. The van der Waals surface area contributed by atoms with E-state index in [4.69, 9.17) is 0 Å². The van der Waals surface area contributed by atoms with Crippen molar-refractivity contribution >= 4 is 11.8 Å². The van der Waals surface area contributed by atoms with Crippen LogP contribution in [0.4, 0.5) is 0 Å². The van der Waals surface area contributed by atoms with Crippen molar-refractivity contribution in [2.24, 2.45) is 0 Å². The number of nitrogens with zero attached hydrogens (tertiary/aromatic N) is 1. The molecule has 0 saturated heterocycles. The fourth-order valence-electron chi connectivity index (χ4n) is 1.62. The van der Waals surface area contributed by atoms with Gasteiger partial charge in [0.05, 0.1) is 5.69 Å². The van der Waals surface area contributed by atoms with Crippen LogP contribution in [-0.2, 0) is 0 Å². The second-order valence-corrected chi connectivity index (χ2v) is 5.05. The maximum Gasteiger partial charge on any atom is 0.345 e. The maximum atomic E-state index is 11.3. The summed E-state index contributed by atoms with van der Waals surface area (Å²) in [6.07, 6.45) is 0. The summed E-state index contributed by atoms with van der Waals surface area (Å²) in [7, 11) is 0. The zero-order valence-electron chi connectivity index (χ0n) is 9.86. The average Bonchev–Trinajstić information content (AvgIpc) is 2.29. The van der Waals surface area contributed by atoms with Crippen molar-refractivity contribution in [1.29, 1.82) is 0 Å². The molecule has 1 aromatic heterocycles. The molecule has 0 fully saturated rings. The predicted molar refractivity (Wildman–Crippen MR) is 71.4 cm³/mol. The van der Waals surface area contributed by atoms with Crippen LogP contribution in [0.25, 0.3) is 11.3 Å². The Morgan fingerprint density at radius 1 is 1.29 bits per heavy atom. The van der Waals surface area contributed by atoms with Crippen LogP contribution in [0, 0.1) is 6.92 Å². The first-order chi connectivity index (χ1) is 8.19. The Hall–Kier alpha value is -1.55. The molecule has 0 aliphatic carbocycles. The second-order valence-electron chi connectivity index (χ2n) is 3.71.